The number of ether oxygens (including phenoxy) is 1. The van der Waals surface area contributed by atoms with Crippen molar-refractivity contribution in [3.8, 4) is 5.75 Å². The van der Waals surface area contributed by atoms with Gasteiger partial charge in [0.2, 0.25) is 0 Å². The van der Waals surface area contributed by atoms with Gasteiger partial charge in [0.1, 0.15) is 5.75 Å². The number of aromatic amines is 1. The number of esters is 1. The first-order chi connectivity index (χ1) is 11.2. The lowest BCUT2D eigenvalue weighted by Crippen LogP contribution is -2.10. The first-order valence-corrected chi connectivity index (χ1v) is 8.27. The lowest BCUT2D eigenvalue weighted by molar-refractivity contribution is 0.0734. The first kappa shape index (κ1) is 14.3. The van der Waals surface area contributed by atoms with E-state index in [4.69, 9.17) is 4.74 Å². The molecule has 0 unspecified atom stereocenters. The monoisotopic (exact) mass is 413 g/mol. The Kier molecular flexibility index (Phi) is 3.53. The van der Waals surface area contributed by atoms with Crippen LogP contribution >= 0.6 is 22.6 Å². The zero-order valence-electron chi connectivity index (χ0n) is 12.0. The number of fused-ring (bicyclic) bond motifs is 3. The number of carbonyl (C=O) groups excluding carboxylic acids is 1. The van der Waals surface area contributed by atoms with Crippen molar-refractivity contribution in [2.45, 2.75) is 0 Å². The van der Waals surface area contributed by atoms with Gasteiger partial charge in [-0.15, -0.1) is 0 Å². The molecule has 0 fully saturated rings. The van der Waals surface area contributed by atoms with Crippen LogP contribution in [0.2, 0.25) is 0 Å². The SMILES string of the molecule is O=C(Oc1ccc2c(c1)[nH]c1ccccc12)c1ccccc1I. The van der Waals surface area contributed by atoms with Crippen molar-refractivity contribution in [1.29, 1.82) is 0 Å². The van der Waals surface area contributed by atoms with E-state index < -0.39 is 0 Å². The van der Waals surface area contributed by atoms with Crippen LogP contribution in [0.1, 0.15) is 10.4 Å². The number of H-pyrrole nitrogens is 1. The second-order valence-corrected chi connectivity index (χ2v) is 6.41. The number of hydrogen-bond donors (Lipinski definition) is 1. The van der Waals surface area contributed by atoms with Gasteiger partial charge in [-0.25, -0.2) is 4.79 Å². The van der Waals surface area contributed by atoms with Crippen LogP contribution in [0.3, 0.4) is 0 Å². The number of carbonyl (C=O) groups is 1. The van der Waals surface area contributed by atoms with Gasteiger partial charge in [0.25, 0.3) is 0 Å². The summed E-state index contributed by atoms with van der Waals surface area (Å²) in [6.45, 7) is 0. The lowest BCUT2D eigenvalue weighted by atomic mass is 10.1. The van der Waals surface area contributed by atoms with Gasteiger partial charge in [-0.2, -0.15) is 0 Å². The standard InChI is InChI=1S/C19H12INO2/c20-16-7-3-1-6-15(16)19(22)23-12-9-10-14-13-5-2-4-8-17(13)21-18(14)11-12/h1-11,21H. The summed E-state index contributed by atoms with van der Waals surface area (Å²) >= 11 is 2.13. The molecule has 0 atom stereocenters. The predicted molar refractivity (Wildman–Crippen MR) is 99.9 cm³/mol. The fraction of sp³-hybridized carbons (Fsp3) is 0. The summed E-state index contributed by atoms with van der Waals surface area (Å²) in [7, 11) is 0. The maximum Gasteiger partial charge on any atom is 0.344 e. The van der Waals surface area contributed by atoms with Crippen molar-refractivity contribution in [2.75, 3.05) is 0 Å². The third-order valence-corrected chi connectivity index (χ3v) is 4.72. The summed E-state index contributed by atoms with van der Waals surface area (Å²) in [5.41, 5.74) is 2.60. The number of nitrogens with one attached hydrogen (secondary N) is 1. The van der Waals surface area contributed by atoms with Crippen LogP contribution in [-0.2, 0) is 0 Å². The van der Waals surface area contributed by atoms with Gasteiger partial charge in [-0.1, -0.05) is 30.3 Å². The number of halogens is 1. The topological polar surface area (TPSA) is 42.1 Å². The zero-order valence-corrected chi connectivity index (χ0v) is 14.2. The van der Waals surface area contributed by atoms with Gasteiger partial charge in [0.05, 0.1) is 11.1 Å². The summed E-state index contributed by atoms with van der Waals surface area (Å²) in [6.07, 6.45) is 0. The molecule has 0 aliphatic carbocycles. The Labute approximate surface area is 146 Å². The summed E-state index contributed by atoms with van der Waals surface area (Å²) in [5, 5.41) is 2.28. The molecular formula is C19H12INO2. The van der Waals surface area contributed by atoms with Crippen molar-refractivity contribution >= 4 is 50.4 Å². The normalized spacial score (nSPS) is 11.0. The Balaban J connectivity index is 1.71. The van der Waals surface area contributed by atoms with E-state index in [1.807, 2.05) is 54.6 Å². The minimum absolute atomic E-state index is 0.342. The third-order valence-electron chi connectivity index (χ3n) is 3.78. The van der Waals surface area contributed by atoms with Gasteiger partial charge in [0.15, 0.2) is 0 Å². The second-order valence-electron chi connectivity index (χ2n) is 5.25. The molecule has 112 valence electrons. The molecule has 1 heterocycles. The largest absolute Gasteiger partial charge is 0.423 e. The molecule has 3 aromatic carbocycles. The van der Waals surface area contributed by atoms with Crippen LogP contribution in [0.15, 0.2) is 66.7 Å². The number of rotatable bonds is 2. The highest BCUT2D eigenvalue weighted by Crippen LogP contribution is 2.28. The third kappa shape index (κ3) is 2.59. The van der Waals surface area contributed by atoms with Crippen molar-refractivity contribution < 1.29 is 9.53 Å². The van der Waals surface area contributed by atoms with Crippen LogP contribution in [0.4, 0.5) is 0 Å². The summed E-state index contributed by atoms with van der Waals surface area (Å²) in [6, 6.07) is 21.2. The van der Waals surface area contributed by atoms with Crippen LogP contribution in [0, 0.1) is 3.57 Å². The Morgan fingerprint density at radius 2 is 1.61 bits per heavy atom. The van der Waals surface area contributed by atoms with E-state index in [-0.39, 0.29) is 5.97 Å². The van der Waals surface area contributed by atoms with Crippen molar-refractivity contribution in [3.63, 3.8) is 0 Å². The van der Waals surface area contributed by atoms with Crippen LogP contribution in [-0.4, -0.2) is 11.0 Å². The van der Waals surface area contributed by atoms with E-state index in [1.165, 1.54) is 0 Å². The highest BCUT2D eigenvalue weighted by molar-refractivity contribution is 14.1. The fourth-order valence-corrected chi connectivity index (χ4v) is 3.29. The van der Waals surface area contributed by atoms with Crippen molar-refractivity contribution in [3.05, 3.63) is 75.9 Å². The average Bonchev–Trinajstić information content (AvgIpc) is 2.92. The molecule has 1 N–H and O–H groups in total. The molecule has 1 aromatic heterocycles. The highest BCUT2D eigenvalue weighted by Gasteiger charge is 2.13. The summed E-state index contributed by atoms with van der Waals surface area (Å²) in [5.74, 6) is 0.194. The maximum atomic E-state index is 12.3. The Bertz CT molecular complexity index is 1040. The molecule has 0 spiro atoms. The van der Waals surface area contributed by atoms with Gasteiger partial charge in [0, 0.05) is 25.9 Å². The van der Waals surface area contributed by atoms with E-state index in [2.05, 4.69) is 33.6 Å². The molecule has 0 bridgehead atoms. The van der Waals surface area contributed by atoms with Gasteiger partial charge < -0.3 is 9.72 Å². The molecular weight excluding hydrogens is 401 g/mol. The van der Waals surface area contributed by atoms with E-state index in [1.54, 1.807) is 6.07 Å². The molecule has 4 rings (SSSR count). The van der Waals surface area contributed by atoms with E-state index in [0.717, 1.165) is 25.4 Å². The van der Waals surface area contributed by atoms with E-state index in [9.17, 15) is 4.79 Å². The van der Waals surface area contributed by atoms with Crippen molar-refractivity contribution in [2.24, 2.45) is 0 Å². The van der Waals surface area contributed by atoms with Crippen LogP contribution < -0.4 is 4.74 Å². The van der Waals surface area contributed by atoms with Gasteiger partial charge >= 0.3 is 5.97 Å². The molecule has 0 aliphatic rings. The molecule has 4 heteroatoms. The lowest BCUT2D eigenvalue weighted by Gasteiger charge is -2.06. The molecule has 0 radical (unpaired) electrons. The molecule has 0 aliphatic heterocycles. The van der Waals surface area contributed by atoms with Gasteiger partial charge in [-0.05, 0) is 52.9 Å². The van der Waals surface area contributed by atoms with E-state index >= 15 is 0 Å². The highest BCUT2D eigenvalue weighted by atomic mass is 127. The number of aromatic nitrogens is 1. The maximum absolute atomic E-state index is 12.3. The molecule has 0 amide bonds. The molecule has 0 saturated carbocycles. The molecule has 23 heavy (non-hydrogen) atoms. The average molecular weight is 413 g/mol. The summed E-state index contributed by atoms with van der Waals surface area (Å²) < 4.78 is 6.40. The smallest absolute Gasteiger partial charge is 0.344 e. The number of hydrogen-bond acceptors (Lipinski definition) is 2. The van der Waals surface area contributed by atoms with Crippen LogP contribution in [0.25, 0.3) is 21.8 Å². The molecule has 3 nitrogen and oxygen atoms in total. The van der Waals surface area contributed by atoms with E-state index in [0.29, 0.717) is 11.3 Å². The molecule has 0 saturated heterocycles. The van der Waals surface area contributed by atoms with Crippen LogP contribution in [0.5, 0.6) is 5.75 Å². The van der Waals surface area contributed by atoms with Gasteiger partial charge in [-0.3, -0.25) is 0 Å². The minimum atomic E-state index is -0.342. The summed E-state index contributed by atoms with van der Waals surface area (Å²) in [4.78, 5) is 15.7. The molecule has 4 aromatic rings. The fourth-order valence-electron chi connectivity index (χ4n) is 2.69. The van der Waals surface area contributed by atoms with Crippen molar-refractivity contribution in [1.82, 2.24) is 4.98 Å². The second kappa shape index (κ2) is 5.70. The number of benzene rings is 3. The quantitative estimate of drug-likeness (QED) is 0.281. The Morgan fingerprint density at radius 1 is 0.870 bits per heavy atom. The number of para-hydroxylation sites is 1. The zero-order chi connectivity index (χ0) is 15.8. The minimum Gasteiger partial charge on any atom is -0.423 e. The Morgan fingerprint density at radius 3 is 2.48 bits per heavy atom. The Hall–Kier alpha value is -2.34. The predicted octanol–water partition coefficient (Wildman–Crippen LogP) is 5.14. The first-order valence-electron chi connectivity index (χ1n) is 7.19.